The number of alkyl halides is 6. The van der Waals surface area contributed by atoms with Crippen molar-refractivity contribution in [2.45, 2.75) is 36.8 Å². The van der Waals surface area contributed by atoms with Gasteiger partial charge in [-0.2, -0.15) is 30.6 Å². The molecule has 2 aliphatic rings. The summed E-state index contributed by atoms with van der Waals surface area (Å²) in [5.74, 6) is -3.87. The van der Waals surface area contributed by atoms with E-state index in [4.69, 9.17) is 19.8 Å². The number of nitrogens with zero attached hydrogens (tertiary/aromatic N) is 5. The van der Waals surface area contributed by atoms with Crippen LogP contribution in [0.3, 0.4) is 0 Å². The van der Waals surface area contributed by atoms with Crippen LogP contribution in [0.25, 0.3) is 0 Å². The van der Waals surface area contributed by atoms with Gasteiger partial charge in [-0.25, -0.2) is 28.0 Å². The number of hydrogen-bond acceptors (Lipinski definition) is 7. The number of carboxylic acids is 2. The highest BCUT2D eigenvalue weighted by molar-refractivity contribution is 7.89. The van der Waals surface area contributed by atoms with Gasteiger partial charge in [0, 0.05) is 51.2 Å². The summed E-state index contributed by atoms with van der Waals surface area (Å²) in [4.78, 5) is 28.6. The van der Waals surface area contributed by atoms with Gasteiger partial charge in [-0.3, -0.25) is 0 Å². The Hall–Kier alpha value is -3.41. The van der Waals surface area contributed by atoms with Crippen molar-refractivity contribution in [1.82, 2.24) is 18.8 Å². The van der Waals surface area contributed by atoms with Crippen molar-refractivity contribution in [3.63, 3.8) is 0 Å². The molecule has 1 saturated carbocycles. The van der Waals surface area contributed by atoms with Crippen LogP contribution in [0, 0.1) is 5.92 Å². The standard InChI is InChI=1S/C16H21N5O2S.2C2HF3O2/c1-19-11-15(18-12-19)24(22,23)21-8-7-20(9-13-4-5-13)16-14(10-21)3-2-6-17-16;2*3-2(4,5)1(6)7/h2-3,6,11-13H,4-5,7-10H2,1H3;2*(H,6,7). The van der Waals surface area contributed by atoms with Gasteiger partial charge in [0.2, 0.25) is 0 Å². The van der Waals surface area contributed by atoms with Crippen molar-refractivity contribution in [3.8, 4) is 0 Å². The Morgan fingerprint density at radius 3 is 2.03 bits per heavy atom. The molecule has 18 heteroatoms. The maximum absolute atomic E-state index is 12.9. The second-order valence-electron chi connectivity index (χ2n) is 8.20. The van der Waals surface area contributed by atoms with E-state index in [9.17, 15) is 34.8 Å². The number of carboxylic acid groups (broad SMARTS) is 2. The molecule has 0 amide bonds. The molecule has 3 heterocycles. The van der Waals surface area contributed by atoms with Crippen molar-refractivity contribution in [2.24, 2.45) is 13.0 Å². The van der Waals surface area contributed by atoms with Crippen molar-refractivity contribution >= 4 is 27.8 Å². The molecule has 212 valence electrons. The van der Waals surface area contributed by atoms with E-state index in [0.29, 0.717) is 19.6 Å². The van der Waals surface area contributed by atoms with E-state index < -0.39 is 34.3 Å². The number of hydrogen-bond donors (Lipinski definition) is 2. The molecule has 0 unspecified atom stereocenters. The SMILES string of the molecule is Cn1cnc(S(=O)(=O)N2CCN(CC3CC3)c3ncccc3C2)c1.O=C(O)C(F)(F)F.O=C(O)C(F)(F)F. The van der Waals surface area contributed by atoms with Gasteiger partial charge in [-0.15, -0.1) is 0 Å². The number of pyridine rings is 1. The molecule has 0 bridgehead atoms. The zero-order valence-corrected chi connectivity index (χ0v) is 20.5. The molecule has 2 aromatic rings. The average Bonchev–Trinajstić information content (AvgIpc) is 3.55. The number of fused-ring (bicyclic) bond motifs is 1. The predicted octanol–water partition coefficient (Wildman–Crippen LogP) is 2.50. The number of carbonyl (C=O) groups is 2. The van der Waals surface area contributed by atoms with Crippen LogP contribution in [-0.4, -0.2) is 81.4 Å². The second-order valence-corrected chi connectivity index (χ2v) is 10.1. The van der Waals surface area contributed by atoms with Gasteiger partial charge in [0.25, 0.3) is 10.0 Å². The van der Waals surface area contributed by atoms with E-state index in [1.807, 2.05) is 12.1 Å². The van der Waals surface area contributed by atoms with Crippen LogP contribution in [0.1, 0.15) is 18.4 Å². The van der Waals surface area contributed by atoms with Crippen LogP contribution in [-0.2, 0) is 33.2 Å². The van der Waals surface area contributed by atoms with Gasteiger partial charge in [-0.1, -0.05) is 6.07 Å². The van der Waals surface area contributed by atoms with Crippen LogP contribution in [0.4, 0.5) is 32.2 Å². The molecule has 1 aliphatic carbocycles. The lowest BCUT2D eigenvalue weighted by atomic mass is 10.2. The van der Waals surface area contributed by atoms with Crippen molar-refractivity contribution < 1.29 is 54.6 Å². The third-order valence-electron chi connectivity index (χ3n) is 5.08. The Balaban J connectivity index is 0.000000301. The first-order valence-electron chi connectivity index (χ1n) is 10.7. The van der Waals surface area contributed by atoms with Gasteiger partial charge in [0.05, 0.1) is 6.33 Å². The van der Waals surface area contributed by atoms with Gasteiger partial charge < -0.3 is 19.7 Å². The number of aliphatic carboxylic acids is 2. The summed E-state index contributed by atoms with van der Waals surface area (Å²) in [5.41, 5.74) is 0.954. The number of imidazole rings is 1. The maximum atomic E-state index is 12.9. The average molecular weight is 575 g/mol. The Labute approximate surface area is 212 Å². The lowest BCUT2D eigenvalue weighted by Gasteiger charge is -2.23. The number of anilines is 1. The van der Waals surface area contributed by atoms with E-state index in [1.165, 1.54) is 23.5 Å². The van der Waals surface area contributed by atoms with Crippen LogP contribution < -0.4 is 4.90 Å². The normalized spacial score (nSPS) is 16.2. The molecular formula is C20H23F6N5O6S. The summed E-state index contributed by atoms with van der Waals surface area (Å²) in [7, 11) is -1.83. The predicted molar refractivity (Wildman–Crippen MR) is 117 cm³/mol. The molecule has 1 fully saturated rings. The summed E-state index contributed by atoms with van der Waals surface area (Å²) in [6, 6.07) is 3.83. The third kappa shape index (κ3) is 8.86. The molecule has 1 aliphatic heterocycles. The van der Waals surface area contributed by atoms with E-state index >= 15 is 0 Å². The topological polar surface area (TPSA) is 146 Å². The number of rotatable bonds is 4. The largest absolute Gasteiger partial charge is 0.490 e. The highest BCUT2D eigenvalue weighted by Gasteiger charge is 2.39. The van der Waals surface area contributed by atoms with Crippen molar-refractivity contribution in [3.05, 3.63) is 36.4 Å². The molecule has 4 rings (SSSR count). The molecule has 0 radical (unpaired) electrons. The molecule has 2 N–H and O–H groups in total. The molecule has 38 heavy (non-hydrogen) atoms. The molecule has 0 saturated heterocycles. The monoisotopic (exact) mass is 575 g/mol. The van der Waals surface area contributed by atoms with E-state index in [1.54, 1.807) is 24.0 Å². The van der Waals surface area contributed by atoms with Crippen LogP contribution in [0.2, 0.25) is 0 Å². The smallest absolute Gasteiger partial charge is 0.475 e. The lowest BCUT2D eigenvalue weighted by molar-refractivity contribution is -0.193. The Morgan fingerprint density at radius 2 is 1.58 bits per heavy atom. The summed E-state index contributed by atoms with van der Waals surface area (Å²) in [6.45, 7) is 2.40. The summed E-state index contributed by atoms with van der Waals surface area (Å²) < 4.78 is 92.5. The molecule has 0 atom stereocenters. The minimum Gasteiger partial charge on any atom is -0.475 e. The molecule has 11 nitrogen and oxygen atoms in total. The zero-order valence-electron chi connectivity index (χ0n) is 19.6. The molecule has 0 aromatic carbocycles. The van der Waals surface area contributed by atoms with Crippen molar-refractivity contribution in [1.29, 1.82) is 0 Å². The van der Waals surface area contributed by atoms with E-state index in [-0.39, 0.29) is 5.03 Å². The highest BCUT2D eigenvalue weighted by Crippen LogP contribution is 2.33. The lowest BCUT2D eigenvalue weighted by Crippen LogP contribution is -2.36. The van der Waals surface area contributed by atoms with Gasteiger partial charge in [-0.05, 0) is 24.8 Å². The van der Waals surface area contributed by atoms with E-state index in [2.05, 4.69) is 14.9 Å². The molecule has 2 aromatic heterocycles. The highest BCUT2D eigenvalue weighted by atomic mass is 32.2. The number of halogens is 6. The first kappa shape index (κ1) is 30.8. The van der Waals surface area contributed by atoms with Gasteiger partial charge >= 0.3 is 24.3 Å². The van der Waals surface area contributed by atoms with Crippen LogP contribution in [0.15, 0.2) is 35.9 Å². The Morgan fingerprint density at radius 1 is 1.03 bits per heavy atom. The Kier molecular flexibility index (Phi) is 9.71. The Bertz CT molecular complexity index is 1210. The fraction of sp³-hybridized carbons (Fsp3) is 0.500. The van der Waals surface area contributed by atoms with Crippen LogP contribution >= 0.6 is 0 Å². The zero-order chi connectivity index (χ0) is 28.9. The first-order valence-corrected chi connectivity index (χ1v) is 12.1. The second kappa shape index (κ2) is 12.0. The molecular weight excluding hydrogens is 552 g/mol. The quantitative estimate of drug-likeness (QED) is 0.525. The third-order valence-corrected chi connectivity index (χ3v) is 6.81. The summed E-state index contributed by atoms with van der Waals surface area (Å²) in [6.07, 6.45) is -2.81. The fourth-order valence-corrected chi connectivity index (χ4v) is 4.47. The summed E-state index contributed by atoms with van der Waals surface area (Å²) >= 11 is 0. The minimum absolute atomic E-state index is 0.103. The van der Waals surface area contributed by atoms with Gasteiger partial charge in [0.1, 0.15) is 5.82 Å². The fourth-order valence-electron chi connectivity index (χ4n) is 3.09. The maximum Gasteiger partial charge on any atom is 0.490 e. The minimum atomic E-state index is -5.08. The van der Waals surface area contributed by atoms with E-state index in [0.717, 1.165) is 23.8 Å². The summed E-state index contributed by atoms with van der Waals surface area (Å²) in [5, 5.41) is 14.4. The van der Waals surface area contributed by atoms with Crippen LogP contribution in [0.5, 0.6) is 0 Å². The number of sulfonamides is 1. The number of aromatic nitrogens is 3. The van der Waals surface area contributed by atoms with Gasteiger partial charge in [0.15, 0.2) is 5.03 Å². The molecule has 0 spiro atoms. The van der Waals surface area contributed by atoms with Crippen molar-refractivity contribution in [2.75, 3.05) is 24.5 Å². The number of aryl methyl sites for hydroxylation is 1. The first-order chi connectivity index (χ1) is 17.4.